The molecule has 4 aromatic rings. The largest absolute Gasteiger partial charge is 0.290 e. The van der Waals surface area contributed by atoms with E-state index in [1.54, 1.807) is 0 Å². The third-order valence-corrected chi connectivity index (χ3v) is 7.68. The van der Waals surface area contributed by atoms with Crippen LogP contribution in [0.3, 0.4) is 0 Å². The number of nitrogens with zero attached hydrogens (tertiary/aromatic N) is 2. The van der Waals surface area contributed by atoms with Crippen molar-refractivity contribution in [2.75, 3.05) is 26.2 Å². The minimum Gasteiger partial charge on any atom is -0.290 e. The van der Waals surface area contributed by atoms with Crippen LogP contribution in [-0.2, 0) is 0 Å². The van der Waals surface area contributed by atoms with Gasteiger partial charge in [-0.25, -0.2) is 0 Å². The molecule has 1 aliphatic heterocycles. The van der Waals surface area contributed by atoms with E-state index in [4.69, 9.17) is 0 Å². The second-order valence-corrected chi connectivity index (χ2v) is 9.23. The molecule has 4 heteroatoms. The van der Waals surface area contributed by atoms with E-state index in [9.17, 15) is 0 Å². The number of halogens is 2. The van der Waals surface area contributed by atoms with Crippen molar-refractivity contribution in [1.29, 1.82) is 0 Å². The molecule has 3 aliphatic rings. The predicted octanol–water partition coefficient (Wildman–Crippen LogP) is 6.99. The molecule has 0 atom stereocenters. The maximum atomic E-state index is 2.70. The second kappa shape index (κ2) is 9.20. The SMILES string of the molecule is Cl.Cl.c1ccc2c(c1)-c1ccccc1C2N1CCN(C2c3ccccc3-c3ccccc32)CC1. The summed E-state index contributed by atoms with van der Waals surface area (Å²) >= 11 is 0. The lowest BCUT2D eigenvalue weighted by atomic mass is 10.00. The summed E-state index contributed by atoms with van der Waals surface area (Å²) in [6.45, 7) is 4.37. The zero-order chi connectivity index (χ0) is 21.1. The molecule has 1 fully saturated rings. The van der Waals surface area contributed by atoms with Gasteiger partial charge in [0.15, 0.2) is 0 Å². The van der Waals surface area contributed by atoms with E-state index in [1.165, 1.54) is 44.5 Å². The Labute approximate surface area is 214 Å². The Morgan fingerprint density at radius 1 is 0.382 bits per heavy atom. The van der Waals surface area contributed by atoms with E-state index >= 15 is 0 Å². The molecule has 1 saturated heterocycles. The molecule has 0 N–H and O–H groups in total. The molecular weight excluding hydrogens is 459 g/mol. The fourth-order valence-electron chi connectivity index (χ4n) is 6.30. The van der Waals surface area contributed by atoms with Gasteiger partial charge < -0.3 is 0 Å². The van der Waals surface area contributed by atoms with E-state index in [0.717, 1.165) is 26.2 Å². The van der Waals surface area contributed by atoms with Gasteiger partial charge in [-0.2, -0.15) is 0 Å². The molecule has 0 saturated carbocycles. The second-order valence-electron chi connectivity index (χ2n) is 9.23. The third kappa shape index (κ3) is 3.40. The van der Waals surface area contributed by atoms with E-state index < -0.39 is 0 Å². The number of fused-ring (bicyclic) bond motifs is 6. The van der Waals surface area contributed by atoms with Crippen molar-refractivity contribution in [3.63, 3.8) is 0 Å². The molecule has 0 amide bonds. The van der Waals surface area contributed by atoms with Gasteiger partial charge in [0.1, 0.15) is 0 Å². The zero-order valence-electron chi connectivity index (χ0n) is 18.9. The molecule has 7 rings (SSSR count). The van der Waals surface area contributed by atoms with Crippen molar-refractivity contribution in [3.8, 4) is 22.3 Å². The van der Waals surface area contributed by atoms with Crippen molar-refractivity contribution < 1.29 is 0 Å². The first-order valence-corrected chi connectivity index (χ1v) is 11.7. The summed E-state index contributed by atoms with van der Waals surface area (Å²) in [5, 5.41) is 0. The van der Waals surface area contributed by atoms with Gasteiger partial charge in [-0.3, -0.25) is 9.80 Å². The van der Waals surface area contributed by atoms with Gasteiger partial charge in [0, 0.05) is 26.2 Å². The van der Waals surface area contributed by atoms with Crippen molar-refractivity contribution >= 4 is 24.8 Å². The van der Waals surface area contributed by atoms with Crippen LogP contribution in [-0.4, -0.2) is 36.0 Å². The first-order valence-electron chi connectivity index (χ1n) is 11.7. The monoisotopic (exact) mass is 486 g/mol. The Morgan fingerprint density at radius 2 is 0.618 bits per heavy atom. The zero-order valence-corrected chi connectivity index (χ0v) is 20.6. The molecule has 2 aliphatic carbocycles. The summed E-state index contributed by atoms with van der Waals surface area (Å²) in [6, 6.07) is 36.7. The lowest BCUT2D eigenvalue weighted by molar-refractivity contribution is 0.0922. The van der Waals surface area contributed by atoms with Crippen molar-refractivity contribution in [2.45, 2.75) is 12.1 Å². The number of rotatable bonds is 2. The molecule has 0 aromatic heterocycles. The van der Waals surface area contributed by atoms with E-state index in [-0.39, 0.29) is 24.8 Å². The summed E-state index contributed by atoms with van der Waals surface area (Å²) in [5.41, 5.74) is 11.5. The summed E-state index contributed by atoms with van der Waals surface area (Å²) < 4.78 is 0. The Morgan fingerprint density at radius 3 is 0.882 bits per heavy atom. The van der Waals surface area contributed by atoms with Crippen LogP contribution in [0.2, 0.25) is 0 Å². The molecule has 0 radical (unpaired) electrons. The minimum absolute atomic E-state index is 0. The van der Waals surface area contributed by atoms with Crippen molar-refractivity contribution in [2.24, 2.45) is 0 Å². The number of benzene rings is 4. The lowest BCUT2D eigenvalue weighted by Crippen LogP contribution is -2.48. The fourth-order valence-corrected chi connectivity index (χ4v) is 6.30. The van der Waals surface area contributed by atoms with Crippen LogP contribution in [0.15, 0.2) is 97.1 Å². The minimum atomic E-state index is 0. The summed E-state index contributed by atoms with van der Waals surface area (Å²) in [6.07, 6.45) is 0. The molecule has 1 heterocycles. The van der Waals surface area contributed by atoms with Crippen LogP contribution < -0.4 is 0 Å². The Hall–Kier alpha value is -2.62. The van der Waals surface area contributed by atoms with E-state index in [0.29, 0.717) is 12.1 Å². The number of hydrogen-bond donors (Lipinski definition) is 0. The Balaban J connectivity index is 0.00000120. The molecule has 4 aromatic carbocycles. The third-order valence-electron chi connectivity index (χ3n) is 7.68. The van der Waals surface area contributed by atoms with Gasteiger partial charge in [0.2, 0.25) is 0 Å². The molecule has 0 spiro atoms. The van der Waals surface area contributed by atoms with Gasteiger partial charge in [0.05, 0.1) is 12.1 Å². The first-order chi connectivity index (χ1) is 15.9. The van der Waals surface area contributed by atoms with Crippen LogP contribution in [0, 0.1) is 0 Å². The lowest BCUT2D eigenvalue weighted by Gasteiger charge is -2.41. The van der Waals surface area contributed by atoms with Gasteiger partial charge in [-0.1, -0.05) is 97.1 Å². The Bertz CT molecular complexity index is 1130. The summed E-state index contributed by atoms with van der Waals surface area (Å²) in [4.78, 5) is 5.40. The van der Waals surface area contributed by atoms with Gasteiger partial charge >= 0.3 is 0 Å². The molecule has 34 heavy (non-hydrogen) atoms. The van der Waals surface area contributed by atoms with Crippen molar-refractivity contribution in [1.82, 2.24) is 9.80 Å². The predicted molar refractivity (Wildman–Crippen MR) is 145 cm³/mol. The molecule has 0 bridgehead atoms. The first kappa shape index (κ1) is 23.1. The molecular formula is C30H28Cl2N2. The van der Waals surface area contributed by atoms with Crippen LogP contribution >= 0.6 is 24.8 Å². The topological polar surface area (TPSA) is 6.48 Å². The normalized spacial score (nSPS) is 17.2. The van der Waals surface area contributed by atoms with Gasteiger partial charge in [0.25, 0.3) is 0 Å². The highest BCUT2D eigenvalue weighted by atomic mass is 35.5. The van der Waals surface area contributed by atoms with E-state index in [2.05, 4.69) is 107 Å². The Kier molecular flexibility index (Phi) is 6.26. The van der Waals surface area contributed by atoms with Crippen LogP contribution in [0.25, 0.3) is 22.3 Å². The average molecular weight is 487 g/mol. The van der Waals surface area contributed by atoms with E-state index in [1.807, 2.05) is 0 Å². The fraction of sp³-hybridized carbons (Fsp3) is 0.200. The quantitative estimate of drug-likeness (QED) is 0.301. The maximum absolute atomic E-state index is 2.70. The highest BCUT2D eigenvalue weighted by molar-refractivity contribution is 5.85. The molecule has 0 unspecified atom stereocenters. The summed E-state index contributed by atoms with van der Waals surface area (Å²) in [7, 11) is 0. The number of hydrogen-bond acceptors (Lipinski definition) is 2. The number of piperazine rings is 1. The van der Waals surface area contributed by atoms with Gasteiger partial charge in [-0.05, 0) is 44.5 Å². The van der Waals surface area contributed by atoms with Crippen LogP contribution in [0.4, 0.5) is 0 Å². The standard InChI is InChI=1S/C30H26N2.2ClH/c1-5-13-25-21(9-1)22-10-2-6-14-26(22)29(25)31-17-19-32(20-18-31)30-27-15-7-3-11-23(27)24-12-4-8-16-28(24)30;;/h1-16,29-30H,17-20H2;2*1H. The summed E-state index contributed by atoms with van der Waals surface area (Å²) in [5.74, 6) is 0. The maximum Gasteiger partial charge on any atom is 0.0614 e. The highest BCUT2D eigenvalue weighted by Gasteiger charge is 2.38. The van der Waals surface area contributed by atoms with Crippen molar-refractivity contribution in [3.05, 3.63) is 119 Å². The van der Waals surface area contributed by atoms with Crippen LogP contribution in [0.5, 0.6) is 0 Å². The smallest absolute Gasteiger partial charge is 0.0614 e. The van der Waals surface area contributed by atoms with Crippen LogP contribution in [0.1, 0.15) is 34.3 Å². The average Bonchev–Trinajstić information content (AvgIpc) is 3.38. The molecule has 172 valence electrons. The van der Waals surface area contributed by atoms with Gasteiger partial charge in [-0.15, -0.1) is 24.8 Å². The molecule has 2 nitrogen and oxygen atoms in total. The highest BCUT2D eigenvalue weighted by Crippen LogP contribution is 2.48.